The van der Waals surface area contributed by atoms with E-state index in [2.05, 4.69) is 22.2 Å². The van der Waals surface area contributed by atoms with E-state index in [-0.39, 0.29) is 24.7 Å². The fourth-order valence-corrected chi connectivity index (χ4v) is 4.10. The third-order valence-corrected chi connectivity index (χ3v) is 5.90. The van der Waals surface area contributed by atoms with Gasteiger partial charge in [0.2, 0.25) is 5.91 Å². The van der Waals surface area contributed by atoms with E-state index >= 15 is 0 Å². The largest absolute Gasteiger partial charge is 0.493 e. The fraction of sp³-hybridized carbons (Fsp3) is 0.214. The summed E-state index contributed by atoms with van der Waals surface area (Å²) in [5.74, 6) is 0.917. The van der Waals surface area contributed by atoms with Crippen LogP contribution in [0.4, 0.5) is 10.8 Å². The molecule has 0 aliphatic carbocycles. The number of amides is 2. The third kappa shape index (κ3) is 7.94. The molecule has 10 heteroatoms. The number of hydrogen-bond acceptors (Lipinski definition) is 8. The first-order chi connectivity index (χ1) is 18.3. The quantitative estimate of drug-likeness (QED) is 0.143. The minimum atomic E-state index is -0.548. The predicted molar refractivity (Wildman–Crippen MR) is 148 cm³/mol. The molecule has 9 nitrogen and oxygen atoms in total. The number of benzene rings is 2. The number of nitrogens with zero attached hydrogens (tertiary/aromatic N) is 2. The molecule has 2 aromatic carbocycles. The van der Waals surface area contributed by atoms with E-state index in [1.54, 1.807) is 36.4 Å². The molecule has 38 heavy (non-hydrogen) atoms. The molecule has 2 amide bonds. The molecular weight excluding hydrogens is 504 g/mol. The normalized spacial score (nSPS) is 10.7. The van der Waals surface area contributed by atoms with Gasteiger partial charge in [-0.05, 0) is 61.4 Å². The molecule has 0 fully saturated rings. The number of methoxy groups -OCH3 is 1. The average molecular weight is 533 g/mol. The molecule has 0 atom stereocenters. The van der Waals surface area contributed by atoms with Crippen LogP contribution in [0.5, 0.6) is 17.2 Å². The monoisotopic (exact) mass is 532 g/mol. The number of anilines is 2. The van der Waals surface area contributed by atoms with Gasteiger partial charge in [-0.2, -0.15) is 5.26 Å². The predicted octanol–water partition coefficient (Wildman–Crippen LogP) is 5.15. The number of aromatic nitrogens is 1. The van der Waals surface area contributed by atoms with E-state index in [9.17, 15) is 14.9 Å². The summed E-state index contributed by atoms with van der Waals surface area (Å²) < 4.78 is 17.3. The molecule has 0 spiro atoms. The first-order valence-electron chi connectivity index (χ1n) is 11.6. The Morgan fingerprint density at radius 3 is 2.50 bits per heavy atom. The standard InChI is InChI=1S/C28H28N4O5S/c1-5-6-21-13-20(14-22(16-29)27(34)32-28-30-18(2)17-38-28)15-25(35-4)26(21)37-12-11-36-24-9-7-23(8-10-24)31-19(3)33/h5,7-10,13-15,17H,1,6,11-12H2,2-4H3,(H,31,33)(H,30,32,34). The van der Waals surface area contributed by atoms with Crippen LogP contribution in [0.1, 0.15) is 23.7 Å². The van der Waals surface area contributed by atoms with Gasteiger partial charge in [0.15, 0.2) is 16.6 Å². The van der Waals surface area contributed by atoms with Gasteiger partial charge >= 0.3 is 0 Å². The van der Waals surface area contributed by atoms with Crippen LogP contribution in [-0.4, -0.2) is 37.1 Å². The number of aryl methyl sites for hydroxylation is 1. The van der Waals surface area contributed by atoms with Crippen molar-refractivity contribution in [3.8, 4) is 23.3 Å². The summed E-state index contributed by atoms with van der Waals surface area (Å²) in [5, 5.41) is 17.2. The van der Waals surface area contributed by atoms with E-state index in [1.807, 2.05) is 24.4 Å². The van der Waals surface area contributed by atoms with Gasteiger partial charge < -0.3 is 19.5 Å². The van der Waals surface area contributed by atoms with Gasteiger partial charge in [-0.25, -0.2) is 4.98 Å². The lowest BCUT2D eigenvalue weighted by Gasteiger charge is -2.16. The number of rotatable bonds is 12. The Morgan fingerprint density at radius 1 is 1.16 bits per heavy atom. The van der Waals surface area contributed by atoms with E-state index in [4.69, 9.17) is 14.2 Å². The van der Waals surface area contributed by atoms with Crippen molar-refractivity contribution in [3.05, 3.63) is 76.8 Å². The molecule has 2 N–H and O–H groups in total. The molecule has 1 aromatic heterocycles. The molecular formula is C28H28N4O5S. The lowest BCUT2D eigenvalue weighted by Crippen LogP contribution is -2.13. The van der Waals surface area contributed by atoms with Gasteiger partial charge in [0, 0.05) is 23.6 Å². The van der Waals surface area contributed by atoms with E-state index < -0.39 is 5.91 Å². The van der Waals surface area contributed by atoms with Crippen molar-refractivity contribution in [1.29, 1.82) is 5.26 Å². The number of carbonyl (C=O) groups is 2. The molecule has 3 aromatic rings. The van der Waals surface area contributed by atoms with Crippen LogP contribution < -0.4 is 24.8 Å². The number of hydrogen-bond donors (Lipinski definition) is 2. The van der Waals surface area contributed by atoms with Crippen molar-refractivity contribution in [2.75, 3.05) is 31.0 Å². The van der Waals surface area contributed by atoms with Crippen LogP contribution >= 0.6 is 11.3 Å². The average Bonchev–Trinajstić information content (AvgIpc) is 3.30. The van der Waals surface area contributed by atoms with E-state index in [1.165, 1.54) is 31.4 Å². The minimum Gasteiger partial charge on any atom is -0.493 e. The molecule has 0 aliphatic heterocycles. The lowest BCUT2D eigenvalue weighted by atomic mass is 10.0. The highest BCUT2D eigenvalue weighted by atomic mass is 32.1. The number of carbonyl (C=O) groups excluding carboxylic acids is 2. The number of nitriles is 1. The van der Waals surface area contributed by atoms with Gasteiger partial charge in [0.1, 0.15) is 30.6 Å². The number of thiazole rings is 1. The van der Waals surface area contributed by atoms with Crippen molar-refractivity contribution < 1.29 is 23.8 Å². The van der Waals surface area contributed by atoms with Crippen molar-refractivity contribution >= 4 is 40.0 Å². The van der Waals surface area contributed by atoms with Crippen molar-refractivity contribution in [2.24, 2.45) is 0 Å². The van der Waals surface area contributed by atoms with Crippen molar-refractivity contribution in [2.45, 2.75) is 20.3 Å². The minimum absolute atomic E-state index is 0.0731. The first-order valence-corrected chi connectivity index (χ1v) is 12.5. The molecule has 0 saturated carbocycles. The number of allylic oxidation sites excluding steroid dienone is 1. The molecule has 0 radical (unpaired) electrons. The molecule has 196 valence electrons. The van der Waals surface area contributed by atoms with Gasteiger partial charge in [0.25, 0.3) is 5.91 Å². The maximum Gasteiger partial charge on any atom is 0.268 e. The third-order valence-electron chi connectivity index (χ3n) is 5.03. The van der Waals surface area contributed by atoms with E-state index in [0.717, 1.165) is 11.3 Å². The van der Waals surface area contributed by atoms with Crippen LogP contribution in [0.15, 0.2) is 60.0 Å². The highest BCUT2D eigenvalue weighted by Gasteiger charge is 2.15. The second-order valence-electron chi connectivity index (χ2n) is 8.02. The van der Waals surface area contributed by atoms with Crippen LogP contribution in [0, 0.1) is 18.3 Å². The second kappa shape index (κ2) is 13.6. The zero-order valence-electron chi connectivity index (χ0n) is 21.4. The van der Waals surface area contributed by atoms with Gasteiger partial charge in [-0.15, -0.1) is 17.9 Å². The van der Waals surface area contributed by atoms with Crippen LogP contribution in [0.25, 0.3) is 6.08 Å². The van der Waals surface area contributed by atoms with Crippen LogP contribution in [-0.2, 0) is 16.0 Å². The maximum absolute atomic E-state index is 12.6. The van der Waals surface area contributed by atoms with Gasteiger partial charge in [-0.1, -0.05) is 6.08 Å². The summed E-state index contributed by atoms with van der Waals surface area (Å²) in [7, 11) is 1.52. The molecule has 0 bridgehead atoms. The Bertz CT molecular complexity index is 1370. The first kappa shape index (κ1) is 28.0. The summed E-state index contributed by atoms with van der Waals surface area (Å²) >= 11 is 1.29. The summed E-state index contributed by atoms with van der Waals surface area (Å²) in [6, 6.07) is 12.5. The Labute approximate surface area is 225 Å². The number of nitrogens with one attached hydrogen (secondary N) is 2. The lowest BCUT2D eigenvalue weighted by molar-refractivity contribution is -0.114. The zero-order valence-corrected chi connectivity index (χ0v) is 22.2. The summed E-state index contributed by atoms with van der Waals surface area (Å²) in [6.07, 6.45) is 3.69. The summed E-state index contributed by atoms with van der Waals surface area (Å²) in [6.45, 7) is 7.59. The molecule has 0 aliphatic rings. The molecule has 1 heterocycles. The number of ether oxygens (including phenoxy) is 3. The fourth-order valence-electron chi connectivity index (χ4n) is 3.42. The highest BCUT2D eigenvalue weighted by Crippen LogP contribution is 2.34. The highest BCUT2D eigenvalue weighted by molar-refractivity contribution is 7.13. The molecule has 3 rings (SSSR count). The Balaban J connectivity index is 1.71. The van der Waals surface area contributed by atoms with Crippen LogP contribution in [0.3, 0.4) is 0 Å². The smallest absolute Gasteiger partial charge is 0.268 e. The Kier molecular flexibility index (Phi) is 10.0. The molecule has 0 unspecified atom stereocenters. The molecule has 0 saturated heterocycles. The van der Waals surface area contributed by atoms with Gasteiger partial charge in [0.05, 0.1) is 12.8 Å². The Morgan fingerprint density at radius 2 is 1.89 bits per heavy atom. The summed E-state index contributed by atoms with van der Waals surface area (Å²) in [5.41, 5.74) is 2.77. The van der Waals surface area contributed by atoms with Crippen LogP contribution in [0.2, 0.25) is 0 Å². The maximum atomic E-state index is 12.6. The summed E-state index contributed by atoms with van der Waals surface area (Å²) in [4.78, 5) is 27.9. The zero-order chi connectivity index (χ0) is 27.5. The van der Waals surface area contributed by atoms with Gasteiger partial charge in [-0.3, -0.25) is 14.9 Å². The topological polar surface area (TPSA) is 123 Å². The van der Waals surface area contributed by atoms with Crippen molar-refractivity contribution in [1.82, 2.24) is 4.98 Å². The van der Waals surface area contributed by atoms with E-state index in [0.29, 0.717) is 40.1 Å². The second-order valence-corrected chi connectivity index (χ2v) is 8.88. The van der Waals surface area contributed by atoms with Crippen molar-refractivity contribution in [3.63, 3.8) is 0 Å². The Hall–Kier alpha value is -4.62. The SMILES string of the molecule is C=CCc1cc(C=C(C#N)C(=O)Nc2nc(C)cs2)cc(OC)c1OCCOc1ccc(NC(C)=O)cc1.